The van der Waals surface area contributed by atoms with Crippen LogP contribution in [0.4, 0.5) is 0 Å². The lowest BCUT2D eigenvalue weighted by Crippen LogP contribution is -2.31. The molecular formula is C17H30N2O6S. The van der Waals surface area contributed by atoms with Crippen LogP contribution in [-0.4, -0.2) is 28.5 Å². The SMILES string of the molecule is CCC(C)(C)c1cc(C(=O)NN)c(O)c(C(C)(C)CC)c1.O=S(=O)(O)O. The van der Waals surface area contributed by atoms with E-state index >= 15 is 0 Å². The van der Waals surface area contributed by atoms with Crippen LogP contribution >= 0.6 is 0 Å². The number of nitrogens with one attached hydrogen (secondary N) is 1. The molecule has 1 aromatic rings. The molecule has 0 saturated carbocycles. The van der Waals surface area contributed by atoms with Crippen LogP contribution < -0.4 is 11.3 Å². The summed E-state index contributed by atoms with van der Waals surface area (Å²) in [7, 11) is -4.67. The molecule has 0 aliphatic heterocycles. The van der Waals surface area contributed by atoms with E-state index in [4.69, 9.17) is 23.4 Å². The lowest BCUT2D eigenvalue weighted by Gasteiger charge is -2.30. The summed E-state index contributed by atoms with van der Waals surface area (Å²) in [5, 5.41) is 10.5. The smallest absolute Gasteiger partial charge is 0.394 e. The number of carbonyl (C=O) groups excluding carboxylic acids is 1. The summed E-state index contributed by atoms with van der Waals surface area (Å²) in [5.74, 6) is 4.81. The maximum absolute atomic E-state index is 12.0. The molecule has 6 N–H and O–H groups in total. The van der Waals surface area contributed by atoms with Crippen molar-refractivity contribution < 1.29 is 27.4 Å². The lowest BCUT2D eigenvalue weighted by molar-refractivity contribution is 0.0950. The first-order valence-corrected chi connectivity index (χ1v) is 9.59. The maximum Gasteiger partial charge on any atom is 0.394 e. The molecular weight excluding hydrogens is 360 g/mol. The van der Waals surface area contributed by atoms with E-state index in [0.29, 0.717) is 0 Å². The van der Waals surface area contributed by atoms with Crippen molar-refractivity contribution in [2.75, 3.05) is 0 Å². The van der Waals surface area contributed by atoms with Crippen LogP contribution in [0.1, 0.15) is 75.9 Å². The molecule has 0 spiro atoms. The Kier molecular flexibility index (Phi) is 8.24. The Morgan fingerprint density at radius 3 is 1.85 bits per heavy atom. The number of carbonyl (C=O) groups is 1. The highest BCUT2D eigenvalue weighted by atomic mass is 32.3. The van der Waals surface area contributed by atoms with Crippen LogP contribution in [0.3, 0.4) is 0 Å². The molecule has 0 aliphatic rings. The van der Waals surface area contributed by atoms with Crippen molar-refractivity contribution in [2.45, 2.75) is 65.2 Å². The molecule has 0 atom stereocenters. The quantitative estimate of drug-likeness (QED) is 0.224. The van der Waals surface area contributed by atoms with Gasteiger partial charge in [-0.3, -0.25) is 19.3 Å². The van der Waals surface area contributed by atoms with Gasteiger partial charge in [-0.15, -0.1) is 0 Å². The van der Waals surface area contributed by atoms with Crippen molar-refractivity contribution in [1.29, 1.82) is 0 Å². The van der Waals surface area contributed by atoms with Crippen molar-refractivity contribution in [3.8, 4) is 5.75 Å². The molecule has 0 saturated heterocycles. The normalized spacial score (nSPS) is 12.2. The predicted octanol–water partition coefficient (Wildman–Crippen LogP) is 2.72. The number of phenols is 1. The van der Waals surface area contributed by atoms with Crippen LogP contribution in [0.2, 0.25) is 0 Å². The molecule has 0 aromatic heterocycles. The highest BCUT2D eigenvalue weighted by molar-refractivity contribution is 7.79. The Labute approximate surface area is 155 Å². The molecule has 0 radical (unpaired) electrons. The number of aromatic hydroxyl groups is 1. The summed E-state index contributed by atoms with van der Waals surface area (Å²) in [5.41, 5.74) is 3.91. The number of hydrazine groups is 1. The van der Waals surface area contributed by atoms with E-state index < -0.39 is 16.3 Å². The number of benzene rings is 1. The third-order valence-electron chi connectivity index (χ3n) is 4.76. The molecule has 26 heavy (non-hydrogen) atoms. The van der Waals surface area contributed by atoms with Crippen LogP contribution in [0, 0.1) is 0 Å². The van der Waals surface area contributed by atoms with Gasteiger partial charge in [0.05, 0.1) is 5.56 Å². The zero-order valence-electron chi connectivity index (χ0n) is 16.1. The summed E-state index contributed by atoms with van der Waals surface area (Å²) >= 11 is 0. The monoisotopic (exact) mass is 390 g/mol. The molecule has 0 aliphatic carbocycles. The van der Waals surface area contributed by atoms with E-state index in [2.05, 4.69) is 47.0 Å². The predicted molar refractivity (Wildman–Crippen MR) is 101 cm³/mol. The van der Waals surface area contributed by atoms with Gasteiger partial charge in [-0.1, -0.05) is 47.6 Å². The molecule has 150 valence electrons. The Morgan fingerprint density at radius 2 is 1.50 bits per heavy atom. The van der Waals surface area contributed by atoms with E-state index in [-0.39, 0.29) is 22.1 Å². The first-order valence-electron chi connectivity index (χ1n) is 8.19. The highest BCUT2D eigenvalue weighted by Gasteiger charge is 2.29. The minimum Gasteiger partial charge on any atom is -0.507 e. The Bertz CT molecular complexity index is 734. The van der Waals surface area contributed by atoms with Gasteiger partial charge in [-0.05, 0) is 35.3 Å². The fraction of sp³-hybridized carbons (Fsp3) is 0.588. The van der Waals surface area contributed by atoms with Gasteiger partial charge in [0.25, 0.3) is 5.91 Å². The van der Waals surface area contributed by atoms with Crippen molar-refractivity contribution >= 4 is 16.3 Å². The maximum atomic E-state index is 12.0. The molecule has 0 heterocycles. The molecule has 0 bridgehead atoms. The lowest BCUT2D eigenvalue weighted by atomic mass is 9.75. The van der Waals surface area contributed by atoms with Crippen molar-refractivity contribution in [2.24, 2.45) is 5.84 Å². The van der Waals surface area contributed by atoms with Crippen molar-refractivity contribution in [1.82, 2.24) is 5.43 Å². The molecule has 1 aromatic carbocycles. The van der Waals surface area contributed by atoms with Gasteiger partial charge in [0.2, 0.25) is 0 Å². The Balaban J connectivity index is 0.00000110. The molecule has 8 nitrogen and oxygen atoms in total. The molecule has 1 rings (SSSR count). The van der Waals surface area contributed by atoms with Crippen LogP contribution in [0.25, 0.3) is 0 Å². The number of nitrogen functional groups attached to an aromatic ring is 1. The summed E-state index contributed by atoms with van der Waals surface area (Å²) in [4.78, 5) is 12.0. The first-order chi connectivity index (χ1) is 11.6. The van der Waals surface area contributed by atoms with E-state index in [0.717, 1.165) is 24.0 Å². The molecule has 0 unspecified atom stereocenters. The second kappa shape index (κ2) is 8.81. The van der Waals surface area contributed by atoms with E-state index in [1.807, 2.05) is 6.07 Å². The zero-order valence-corrected chi connectivity index (χ0v) is 16.9. The van der Waals surface area contributed by atoms with E-state index in [1.54, 1.807) is 6.07 Å². The number of phenolic OH excluding ortho intramolecular Hbond substituents is 1. The minimum atomic E-state index is -4.67. The topological polar surface area (TPSA) is 150 Å². The van der Waals surface area contributed by atoms with Gasteiger partial charge in [0.15, 0.2) is 0 Å². The minimum absolute atomic E-state index is 0.0282. The van der Waals surface area contributed by atoms with Gasteiger partial charge in [0.1, 0.15) is 5.75 Å². The van der Waals surface area contributed by atoms with Crippen molar-refractivity contribution in [3.63, 3.8) is 0 Å². The number of hydrogen-bond acceptors (Lipinski definition) is 5. The van der Waals surface area contributed by atoms with Crippen LogP contribution in [0.15, 0.2) is 12.1 Å². The van der Waals surface area contributed by atoms with Crippen LogP contribution in [-0.2, 0) is 21.2 Å². The molecule has 1 amide bonds. The van der Waals surface area contributed by atoms with Crippen LogP contribution in [0.5, 0.6) is 5.75 Å². The third-order valence-corrected chi connectivity index (χ3v) is 4.76. The standard InChI is InChI=1S/C17H28N2O2.H2O4S/c1-7-16(3,4)11-9-12(15(21)19-18)14(20)13(10-11)17(5,6)8-2;1-5(2,3)4/h9-10,20H,7-8,18H2,1-6H3,(H,19,21);(H2,1,2,3,4). The van der Waals surface area contributed by atoms with Gasteiger partial charge < -0.3 is 5.11 Å². The fourth-order valence-corrected chi connectivity index (χ4v) is 2.19. The summed E-state index contributed by atoms with van der Waals surface area (Å²) < 4.78 is 31.6. The van der Waals surface area contributed by atoms with E-state index in [1.165, 1.54) is 0 Å². The van der Waals surface area contributed by atoms with E-state index in [9.17, 15) is 9.90 Å². The van der Waals surface area contributed by atoms with Gasteiger partial charge >= 0.3 is 10.4 Å². The summed E-state index contributed by atoms with van der Waals surface area (Å²) in [6.45, 7) is 12.6. The largest absolute Gasteiger partial charge is 0.507 e. The number of amides is 1. The average molecular weight is 391 g/mol. The third kappa shape index (κ3) is 6.91. The van der Waals surface area contributed by atoms with Crippen molar-refractivity contribution in [3.05, 3.63) is 28.8 Å². The average Bonchev–Trinajstić information content (AvgIpc) is 2.52. The highest BCUT2D eigenvalue weighted by Crippen LogP contribution is 2.40. The number of nitrogens with two attached hydrogens (primary N) is 1. The number of hydrogen-bond donors (Lipinski definition) is 5. The van der Waals surface area contributed by atoms with Gasteiger partial charge in [-0.25, -0.2) is 5.84 Å². The first kappa shape index (κ1) is 24.3. The second-order valence-corrected chi connectivity index (χ2v) is 8.21. The summed E-state index contributed by atoms with van der Waals surface area (Å²) in [6.07, 6.45) is 1.80. The number of rotatable bonds is 5. The Hall–Kier alpha value is -1.68. The van der Waals surface area contributed by atoms with Gasteiger partial charge in [0, 0.05) is 5.56 Å². The Morgan fingerprint density at radius 1 is 1.08 bits per heavy atom. The molecule has 9 heteroatoms. The zero-order chi connectivity index (χ0) is 20.9. The fourth-order valence-electron chi connectivity index (χ4n) is 2.19. The summed E-state index contributed by atoms with van der Waals surface area (Å²) in [6, 6.07) is 3.77. The molecule has 0 fully saturated rings. The second-order valence-electron chi connectivity index (χ2n) is 7.32. The van der Waals surface area contributed by atoms with Gasteiger partial charge in [-0.2, -0.15) is 8.42 Å².